The van der Waals surface area contributed by atoms with Crippen LogP contribution in [-0.4, -0.2) is 9.78 Å². The second-order valence-electron chi connectivity index (χ2n) is 3.31. The molecule has 2 N–H and O–H groups in total. The lowest BCUT2D eigenvalue weighted by Crippen LogP contribution is -2.17. The van der Waals surface area contributed by atoms with Crippen molar-refractivity contribution in [1.82, 2.24) is 9.78 Å². The van der Waals surface area contributed by atoms with Crippen molar-refractivity contribution in [1.29, 1.82) is 0 Å². The Morgan fingerprint density at radius 3 is 2.94 bits per heavy atom. The van der Waals surface area contributed by atoms with Crippen LogP contribution in [0.3, 0.4) is 0 Å². The molecule has 16 heavy (non-hydrogen) atoms. The van der Waals surface area contributed by atoms with Gasteiger partial charge in [0.25, 0.3) is 0 Å². The van der Waals surface area contributed by atoms with Gasteiger partial charge in [-0.25, -0.2) is 0 Å². The van der Waals surface area contributed by atoms with E-state index in [0.717, 1.165) is 16.7 Å². The summed E-state index contributed by atoms with van der Waals surface area (Å²) in [5.41, 5.74) is 6.99. The minimum atomic E-state index is -0.371. The van der Waals surface area contributed by atoms with Crippen LogP contribution in [0.25, 0.3) is 0 Å². The van der Waals surface area contributed by atoms with Gasteiger partial charge in [-0.2, -0.15) is 5.10 Å². The number of aryl methyl sites for hydroxylation is 1. The third kappa shape index (κ3) is 2.03. The molecule has 0 saturated carbocycles. The van der Waals surface area contributed by atoms with Crippen LogP contribution in [0.2, 0.25) is 5.22 Å². The van der Waals surface area contributed by atoms with Crippen LogP contribution < -0.4 is 5.73 Å². The highest BCUT2D eigenvalue weighted by Gasteiger charge is 2.20. The molecule has 0 aliphatic heterocycles. The van der Waals surface area contributed by atoms with Gasteiger partial charge >= 0.3 is 0 Å². The van der Waals surface area contributed by atoms with Crippen molar-refractivity contribution >= 4 is 27.5 Å². The molecular weight excluding hydrogens is 293 g/mol. The summed E-state index contributed by atoms with van der Waals surface area (Å²) in [7, 11) is 0. The zero-order chi connectivity index (χ0) is 11.7. The zero-order valence-corrected chi connectivity index (χ0v) is 11.0. The first-order valence-corrected chi connectivity index (χ1v) is 6.02. The van der Waals surface area contributed by atoms with E-state index in [1.54, 1.807) is 18.3 Å². The highest BCUT2D eigenvalue weighted by Crippen LogP contribution is 2.28. The molecule has 2 aromatic heterocycles. The fourth-order valence-electron chi connectivity index (χ4n) is 1.56. The molecule has 0 aliphatic rings. The van der Waals surface area contributed by atoms with Crippen molar-refractivity contribution in [3.63, 3.8) is 0 Å². The van der Waals surface area contributed by atoms with E-state index in [1.165, 1.54) is 0 Å². The lowest BCUT2D eigenvalue weighted by atomic mass is 10.2. The number of rotatable bonds is 3. The molecule has 2 rings (SSSR count). The smallest absolute Gasteiger partial charge is 0.193 e. The van der Waals surface area contributed by atoms with Crippen molar-refractivity contribution in [3.8, 4) is 0 Å². The average Bonchev–Trinajstić information content (AvgIpc) is 2.83. The molecule has 0 radical (unpaired) electrons. The van der Waals surface area contributed by atoms with Crippen molar-refractivity contribution < 1.29 is 4.42 Å². The number of nitrogens with two attached hydrogens (primary N) is 1. The second kappa shape index (κ2) is 4.61. The Morgan fingerprint density at radius 1 is 1.62 bits per heavy atom. The van der Waals surface area contributed by atoms with Crippen LogP contribution >= 0.6 is 27.5 Å². The molecule has 0 aromatic carbocycles. The van der Waals surface area contributed by atoms with Crippen LogP contribution in [0.5, 0.6) is 0 Å². The van der Waals surface area contributed by atoms with Crippen LogP contribution in [0.4, 0.5) is 0 Å². The summed E-state index contributed by atoms with van der Waals surface area (Å²) in [4.78, 5) is 0. The summed E-state index contributed by atoms with van der Waals surface area (Å²) >= 11 is 9.15. The lowest BCUT2D eigenvalue weighted by Gasteiger charge is -2.11. The van der Waals surface area contributed by atoms with E-state index in [0.29, 0.717) is 11.0 Å². The van der Waals surface area contributed by atoms with Gasteiger partial charge in [0.2, 0.25) is 0 Å². The van der Waals surface area contributed by atoms with E-state index >= 15 is 0 Å². The number of aromatic nitrogens is 2. The first kappa shape index (κ1) is 11.7. The lowest BCUT2D eigenvalue weighted by molar-refractivity contribution is 0.474. The van der Waals surface area contributed by atoms with Gasteiger partial charge in [0.05, 0.1) is 16.4 Å². The SMILES string of the molecule is CCn1ncc(Br)c1C(N)c1ccc(Cl)o1. The standard InChI is InChI=1S/C10H11BrClN3O/c1-2-15-10(6(11)5-14-15)9(13)7-3-4-8(12)16-7/h3-5,9H,2,13H2,1H3. The number of furan rings is 1. The topological polar surface area (TPSA) is 57.0 Å². The minimum absolute atomic E-state index is 0.337. The van der Waals surface area contributed by atoms with E-state index < -0.39 is 0 Å². The van der Waals surface area contributed by atoms with E-state index in [2.05, 4.69) is 21.0 Å². The normalized spacial score (nSPS) is 13.0. The number of halogens is 2. The first-order valence-electron chi connectivity index (χ1n) is 4.85. The summed E-state index contributed by atoms with van der Waals surface area (Å²) in [6, 6.07) is 3.08. The predicted octanol–water partition coefficient (Wildman–Crippen LogP) is 2.96. The van der Waals surface area contributed by atoms with E-state index in [9.17, 15) is 0 Å². The Hall–Kier alpha value is -0.780. The quantitative estimate of drug-likeness (QED) is 0.948. The maximum absolute atomic E-state index is 6.11. The van der Waals surface area contributed by atoms with Crippen molar-refractivity contribution in [2.24, 2.45) is 5.73 Å². The number of hydrogen-bond donors (Lipinski definition) is 1. The molecule has 0 aliphatic carbocycles. The van der Waals surface area contributed by atoms with Gasteiger partial charge in [-0.3, -0.25) is 4.68 Å². The fourth-order valence-corrected chi connectivity index (χ4v) is 2.26. The summed E-state index contributed by atoms with van der Waals surface area (Å²) in [6.07, 6.45) is 1.73. The Bertz CT molecular complexity index is 494. The minimum Gasteiger partial charge on any atom is -0.448 e. The van der Waals surface area contributed by atoms with E-state index in [1.807, 2.05) is 11.6 Å². The van der Waals surface area contributed by atoms with E-state index in [-0.39, 0.29) is 6.04 Å². The third-order valence-corrected chi connectivity index (χ3v) is 3.14. The van der Waals surface area contributed by atoms with Crippen molar-refractivity contribution in [2.45, 2.75) is 19.5 Å². The Balaban J connectivity index is 2.40. The molecule has 0 saturated heterocycles. The molecule has 1 unspecified atom stereocenters. The molecule has 0 spiro atoms. The molecule has 86 valence electrons. The maximum Gasteiger partial charge on any atom is 0.193 e. The van der Waals surface area contributed by atoms with Crippen LogP contribution in [0.1, 0.15) is 24.4 Å². The predicted molar refractivity (Wildman–Crippen MR) is 65.3 cm³/mol. The summed E-state index contributed by atoms with van der Waals surface area (Å²) < 4.78 is 8.00. The first-order chi connectivity index (χ1) is 7.63. The van der Waals surface area contributed by atoms with Crippen molar-refractivity contribution in [2.75, 3.05) is 0 Å². The largest absolute Gasteiger partial charge is 0.448 e. The second-order valence-corrected chi connectivity index (χ2v) is 4.54. The molecule has 0 bridgehead atoms. The van der Waals surface area contributed by atoms with Gasteiger partial charge in [-0.15, -0.1) is 0 Å². The van der Waals surface area contributed by atoms with Gasteiger partial charge in [-0.1, -0.05) is 0 Å². The Labute approximate surface area is 106 Å². The maximum atomic E-state index is 6.11. The molecule has 0 amide bonds. The van der Waals surface area contributed by atoms with Gasteiger partial charge in [0.1, 0.15) is 11.8 Å². The zero-order valence-electron chi connectivity index (χ0n) is 8.65. The average molecular weight is 305 g/mol. The Kier molecular flexibility index (Phi) is 3.37. The highest BCUT2D eigenvalue weighted by molar-refractivity contribution is 9.10. The molecular formula is C10H11BrClN3O. The number of hydrogen-bond acceptors (Lipinski definition) is 3. The van der Waals surface area contributed by atoms with Gasteiger partial charge in [0.15, 0.2) is 5.22 Å². The molecule has 0 fully saturated rings. The summed E-state index contributed by atoms with van der Waals surface area (Å²) in [5.74, 6) is 0.626. The van der Waals surface area contributed by atoms with Gasteiger partial charge in [-0.05, 0) is 46.6 Å². The fraction of sp³-hybridized carbons (Fsp3) is 0.300. The number of nitrogens with zero attached hydrogens (tertiary/aromatic N) is 2. The molecule has 2 aromatic rings. The summed E-state index contributed by atoms with van der Waals surface area (Å²) in [6.45, 7) is 2.76. The monoisotopic (exact) mass is 303 g/mol. The molecule has 2 heterocycles. The third-order valence-electron chi connectivity index (χ3n) is 2.33. The van der Waals surface area contributed by atoms with Crippen LogP contribution in [-0.2, 0) is 6.54 Å². The van der Waals surface area contributed by atoms with Gasteiger partial charge < -0.3 is 10.2 Å². The van der Waals surface area contributed by atoms with Gasteiger partial charge in [0, 0.05) is 6.54 Å². The van der Waals surface area contributed by atoms with Crippen LogP contribution in [0, 0.1) is 0 Å². The highest BCUT2D eigenvalue weighted by atomic mass is 79.9. The molecule has 6 heteroatoms. The summed E-state index contributed by atoms with van der Waals surface area (Å²) in [5, 5.41) is 4.54. The van der Waals surface area contributed by atoms with Crippen molar-refractivity contribution in [3.05, 3.63) is 39.5 Å². The van der Waals surface area contributed by atoms with Crippen LogP contribution in [0.15, 0.2) is 27.2 Å². The Morgan fingerprint density at radius 2 is 2.38 bits per heavy atom. The molecule has 4 nitrogen and oxygen atoms in total. The molecule has 1 atom stereocenters. The van der Waals surface area contributed by atoms with E-state index in [4.69, 9.17) is 21.8 Å².